The van der Waals surface area contributed by atoms with Crippen molar-refractivity contribution in [2.75, 3.05) is 12.9 Å². The van der Waals surface area contributed by atoms with Gasteiger partial charge in [0.2, 0.25) is 0 Å². The molecule has 0 bridgehead atoms. The van der Waals surface area contributed by atoms with Gasteiger partial charge in [-0.15, -0.1) is 0 Å². The van der Waals surface area contributed by atoms with Crippen LogP contribution in [0.2, 0.25) is 0 Å². The Labute approximate surface area is 94.9 Å². The molecule has 4 nitrogen and oxygen atoms in total. The van der Waals surface area contributed by atoms with E-state index in [1.807, 2.05) is 0 Å². The second-order valence-corrected chi connectivity index (χ2v) is 4.93. The third-order valence-corrected chi connectivity index (χ3v) is 3.83. The minimum Gasteiger partial charge on any atom is -0.467 e. The van der Waals surface area contributed by atoms with Crippen molar-refractivity contribution in [1.82, 2.24) is 5.32 Å². The minimum atomic E-state index is -0.427. The average molecular weight is 230 g/mol. The molecular weight excluding hydrogens is 212 g/mol. The maximum Gasteiger partial charge on any atom is 0.330 e. The molecule has 1 heterocycles. The molecule has 2 atom stereocenters. The normalized spacial score (nSPS) is 30.0. The molecule has 1 fully saturated rings. The van der Waals surface area contributed by atoms with Crippen LogP contribution in [-0.2, 0) is 9.53 Å². The van der Waals surface area contributed by atoms with Gasteiger partial charge in [0.25, 0.3) is 0 Å². The number of nitrogens with zero attached hydrogens (tertiary/aromatic N) is 1. The number of rotatable bonds is 3. The molecule has 0 aromatic carbocycles. The summed E-state index contributed by atoms with van der Waals surface area (Å²) >= 11 is 1.66. The number of thioether (sulfide) groups is 1. The Morgan fingerprint density at radius 1 is 1.80 bits per heavy atom. The van der Waals surface area contributed by atoms with Crippen LogP contribution in [0.25, 0.3) is 0 Å². The SMILES string of the molecule is CCC1(C)CSC(=NC(C)C(=O)OC)N1. The number of amidine groups is 1. The van der Waals surface area contributed by atoms with Crippen molar-refractivity contribution in [3.05, 3.63) is 0 Å². The van der Waals surface area contributed by atoms with Crippen LogP contribution < -0.4 is 5.32 Å². The molecule has 1 aliphatic rings. The highest BCUT2D eigenvalue weighted by Gasteiger charge is 2.31. The Kier molecular flexibility index (Phi) is 4.02. The molecule has 2 unspecified atom stereocenters. The summed E-state index contributed by atoms with van der Waals surface area (Å²) in [7, 11) is 1.38. The number of aliphatic imine (C=N–C) groups is 1. The summed E-state index contributed by atoms with van der Waals surface area (Å²) in [6.07, 6.45) is 1.05. The van der Waals surface area contributed by atoms with Gasteiger partial charge in [-0.1, -0.05) is 18.7 Å². The molecule has 1 saturated heterocycles. The topological polar surface area (TPSA) is 50.7 Å². The summed E-state index contributed by atoms with van der Waals surface area (Å²) in [6.45, 7) is 6.04. The minimum absolute atomic E-state index is 0.110. The van der Waals surface area contributed by atoms with E-state index in [-0.39, 0.29) is 11.5 Å². The number of nitrogens with one attached hydrogen (secondary N) is 1. The van der Waals surface area contributed by atoms with Crippen LogP contribution >= 0.6 is 11.8 Å². The summed E-state index contributed by atoms with van der Waals surface area (Å²) in [4.78, 5) is 15.4. The molecule has 0 amide bonds. The molecule has 0 aliphatic carbocycles. The Hall–Kier alpha value is -0.710. The van der Waals surface area contributed by atoms with E-state index in [0.29, 0.717) is 0 Å². The van der Waals surface area contributed by atoms with Crippen molar-refractivity contribution in [2.45, 2.75) is 38.8 Å². The zero-order chi connectivity index (χ0) is 11.5. The number of hydrogen-bond acceptors (Lipinski definition) is 4. The summed E-state index contributed by atoms with van der Waals surface area (Å²) in [5.74, 6) is 0.700. The fourth-order valence-electron chi connectivity index (χ4n) is 1.22. The van der Waals surface area contributed by atoms with Gasteiger partial charge in [0, 0.05) is 11.3 Å². The van der Waals surface area contributed by atoms with Crippen LogP contribution in [0, 0.1) is 0 Å². The average Bonchev–Trinajstić information content (AvgIpc) is 2.60. The van der Waals surface area contributed by atoms with Gasteiger partial charge in [-0.2, -0.15) is 0 Å². The first-order chi connectivity index (χ1) is 7.00. The van der Waals surface area contributed by atoms with Crippen molar-refractivity contribution in [3.8, 4) is 0 Å². The van der Waals surface area contributed by atoms with E-state index >= 15 is 0 Å². The number of esters is 1. The van der Waals surface area contributed by atoms with E-state index in [0.717, 1.165) is 17.3 Å². The number of carbonyl (C=O) groups excluding carboxylic acids is 1. The van der Waals surface area contributed by atoms with E-state index in [9.17, 15) is 4.79 Å². The van der Waals surface area contributed by atoms with Crippen LogP contribution in [0.15, 0.2) is 4.99 Å². The Bertz CT molecular complexity index is 281. The smallest absolute Gasteiger partial charge is 0.330 e. The molecular formula is C10H18N2O2S. The van der Waals surface area contributed by atoms with Gasteiger partial charge in [-0.05, 0) is 20.3 Å². The van der Waals surface area contributed by atoms with Gasteiger partial charge in [0.1, 0.15) is 6.04 Å². The summed E-state index contributed by atoms with van der Waals surface area (Å²) in [5, 5.41) is 4.18. The van der Waals surface area contributed by atoms with Crippen molar-refractivity contribution in [2.24, 2.45) is 4.99 Å². The summed E-state index contributed by atoms with van der Waals surface area (Å²) in [6, 6.07) is -0.427. The second kappa shape index (κ2) is 4.88. The van der Waals surface area contributed by atoms with Crippen LogP contribution in [0.1, 0.15) is 27.2 Å². The number of ether oxygens (including phenoxy) is 1. The lowest BCUT2D eigenvalue weighted by Gasteiger charge is -2.20. The first-order valence-corrected chi connectivity index (χ1v) is 6.06. The fraction of sp³-hybridized carbons (Fsp3) is 0.800. The van der Waals surface area contributed by atoms with Crippen molar-refractivity contribution >= 4 is 22.9 Å². The standard InChI is InChI=1S/C10H18N2O2S/c1-5-10(3)6-15-9(12-10)11-7(2)8(13)14-4/h7H,5-6H2,1-4H3,(H,11,12). The zero-order valence-electron chi connectivity index (χ0n) is 9.66. The molecule has 0 aromatic rings. The quantitative estimate of drug-likeness (QED) is 0.745. The maximum absolute atomic E-state index is 11.2. The van der Waals surface area contributed by atoms with E-state index in [2.05, 4.69) is 28.9 Å². The highest BCUT2D eigenvalue weighted by atomic mass is 32.2. The van der Waals surface area contributed by atoms with Gasteiger partial charge in [-0.25, -0.2) is 9.79 Å². The van der Waals surface area contributed by atoms with Gasteiger partial charge in [0.05, 0.1) is 7.11 Å². The largest absolute Gasteiger partial charge is 0.467 e. The third-order valence-electron chi connectivity index (χ3n) is 2.57. The van der Waals surface area contributed by atoms with E-state index in [1.54, 1.807) is 18.7 Å². The molecule has 1 rings (SSSR count). The molecule has 0 spiro atoms. The predicted octanol–water partition coefficient (Wildman–Crippen LogP) is 1.41. The molecule has 5 heteroatoms. The van der Waals surface area contributed by atoms with Crippen LogP contribution in [0.4, 0.5) is 0 Å². The van der Waals surface area contributed by atoms with Crippen molar-refractivity contribution in [1.29, 1.82) is 0 Å². The predicted molar refractivity (Wildman–Crippen MR) is 63.2 cm³/mol. The van der Waals surface area contributed by atoms with Gasteiger partial charge in [-0.3, -0.25) is 0 Å². The number of carbonyl (C=O) groups is 1. The monoisotopic (exact) mass is 230 g/mol. The molecule has 0 radical (unpaired) electrons. The Morgan fingerprint density at radius 3 is 2.93 bits per heavy atom. The van der Waals surface area contributed by atoms with Gasteiger partial charge in [0.15, 0.2) is 5.17 Å². The molecule has 0 aromatic heterocycles. The van der Waals surface area contributed by atoms with E-state index in [4.69, 9.17) is 0 Å². The fourth-order valence-corrected chi connectivity index (χ4v) is 2.50. The zero-order valence-corrected chi connectivity index (χ0v) is 10.5. The first-order valence-electron chi connectivity index (χ1n) is 5.07. The van der Waals surface area contributed by atoms with E-state index in [1.165, 1.54) is 7.11 Å². The highest BCUT2D eigenvalue weighted by molar-refractivity contribution is 8.14. The molecule has 1 aliphatic heterocycles. The lowest BCUT2D eigenvalue weighted by Crippen LogP contribution is -2.40. The third kappa shape index (κ3) is 3.12. The van der Waals surface area contributed by atoms with Crippen LogP contribution in [0.3, 0.4) is 0 Å². The lowest BCUT2D eigenvalue weighted by molar-refractivity contribution is -0.141. The molecule has 1 N–H and O–H groups in total. The van der Waals surface area contributed by atoms with Gasteiger partial charge < -0.3 is 10.1 Å². The van der Waals surface area contributed by atoms with E-state index < -0.39 is 6.04 Å². The Balaban J connectivity index is 2.60. The van der Waals surface area contributed by atoms with Crippen molar-refractivity contribution < 1.29 is 9.53 Å². The molecule has 0 saturated carbocycles. The summed E-state index contributed by atoms with van der Waals surface area (Å²) < 4.78 is 4.62. The second-order valence-electron chi connectivity index (χ2n) is 3.96. The van der Waals surface area contributed by atoms with Crippen molar-refractivity contribution in [3.63, 3.8) is 0 Å². The highest BCUT2D eigenvalue weighted by Crippen LogP contribution is 2.25. The Morgan fingerprint density at radius 2 is 2.47 bits per heavy atom. The number of hydrogen-bond donors (Lipinski definition) is 1. The molecule has 86 valence electrons. The van der Waals surface area contributed by atoms with Gasteiger partial charge >= 0.3 is 5.97 Å². The van der Waals surface area contributed by atoms with Crippen LogP contribution in [-0.4, -0.2) is 35.6 Å². The lowest BCUT2D eigenvalue weighted by atomic mass is 10.0. The molecule has 15 heavy (non-hydrogen) atoms. The number of methoxy groups -OCH3 is 1. The summed E-state index contributed by atoms with van der Waals surface area (Å²) in [5.41, 5.74) is 0.110. The van der Waals surface area contributed by atoms with Crippen LogP contribution in [0.5, 0.6) is 0 Å². The maximum atomic E-state index is 11.2. The first kappa shape index (κ1) is 12.4.